The second kappa shape index (κ2) is 3.48. The molecule has 2 heterocycles. The van der Waals surface area contributed by atoms with E-state index in [4.69, 9.17) is 9.52 Å². The molecule has 1 fully saturated rings. The molecule has 0 saturated carbocycles. The van der Waals surface area contributed by atoms with Crippen LogP contribution in [0.15, 0.2) is 28.9 Å². The monoisotopic (exact) mass is 233 g/mol. The van der Waals surface area contributed by atoms with E-state index in [1.807, 2.05) is 12.2 Å². The van der Waals surface area contributed by atoms with Gasteiger partial charge in [-0.15, -0.1) is 0 Å². The molecule has 1 aromatic rings. The van der Waals surface area contributed by atoms with Crippen LogP contribution in [0.3, 0.4) is 0 Å². The van der Waals surface area contributed by atoms with Gasteiger partial charge < -0.3 is 14.4 Å². The average molecular weight is 233 g/mol. The Hall–Kier alpha value is -2.04. The van der Waals surface area contributed by atoms with Gasteiger partial charge >= 0.3 is 5.97 Å². The van der Waals surface area contributed by atoms with Crippen molar-refractivity contribution >= 4 is 11.9 Å². The Morgan fingerprint density at radius 3 is 3.00 bits per heavy atom. The van der Waals surface area contributed by atoms with Gasteiger partial charge in [-0.25, -0.2) is 4.79 Å². The van der Waals surface area contributed by atoms with Crippen LogP contribution in [-0.2, 0) is 11.3 Å². The van der Waals surface area contributed by atoms with E-state index in [1.54, 1.807) is 4.90 Å². The number of aromatic carboxylic acids is 1. The van der Waals surface area contributed by atoms with E-state index >= 15 is 0 Å². The van der Waals surface area contributed by atoms with E-state index in [1.165, 1.54) is 12.3 Å². The van der Waals surface area contributed by atoms with Gasteiger partial charge in [0.25, 0.3) is 0 Å². The van der Waals surface area contributed by atoms with Crippen molar-refractivity contribution in [3.05, 3.63) is 35.8 Å². The fraction of sp³-hybridized carbons (Fsp3) is 0.333. The highest BCUT2D eigenvalue weighted by atomic mass is 16.4. The summed E-state index contributed by atoms with van der Waals surface area (Å²) in [5.41, 5.74) is 0.129. The minimum Gasteiger partial charge on any atom is -0.478 e. The summed E-state index contributed by atoms with van der Waals surface area (Å²) in [5.74, 6) is -0.652. The van der Waals surface area contributed by atoms with Crippen LogP contribution < -0.4 is 0 Å². The molecule has 88 valence electrons. The lowest BCUT2D eigenvalue weighted by molar-refractivity contribution is -0.131. The summed E-state index contributed by atoms with van der Waals surface area (Å²) < 4.78 is 5.15. The molecule has 2 bridgehead atoms. The SMILES string of the molecule is O=C(O)c1ccoc1CN1C(=O)C2C=CC1C2. The number of likely N-dealkylation sites (tertiary alicyclic amines) is 1. The number of carboxylic acids is 1. The molecule has 5 nitrogen and oxygen atoms in total. The zero-order valence-electron chi connectivity index (χ0n) is 9.00. The van der Waals surface area contributed by atoms with Gasteiger partial charge in [-0.05, 0) is 12.5 Å². The highest BCUT2D eigenvalue weighted by molar-refractivity contribution is 5.89. The van der Waals surface area contributed by atoms with Crippen LogP contribution in [0, 0.1) is 5.92 Å². The molecule has 1 aliphatic heterocycles. The van der Waals surface area contributed by atoms with E-state index < -0.39 is 5.97 Å². The van der Waals surface area contributed by atoms with Crippen LogP contribution >= 0.6 is 0 Å². The highest BCUT2D eigenvalue weighted by Gasteiger charge is 2.41. The first-order valence-corrected chi connectivity index (χ1v) is 5.45. The van der Waals surface area contributed by atoms with E-state index in [-0.39, 0.29) is 30.0 Å². The lowest BCUT2D eigenvalue weighted by Crippen LogP contribution is -2.34. The quantitative estimate of drug-likeness (QED) is 0.798. The Balaban J connectivity index is 1.84. The summed E-state index contributed by atoms with van der Waals surface area (Å²) >= 11 is 0. The lowest BCUT2D eigenvalue weighted by Gasteiger charge is -2.23. The molecule has 17 heavy (non-hydrogen) atoms. The molecule has 1 aromatic heterocycles. The summed E-state index contributed by atoms with van der Waals surface area (Å²) in [6, 6.07) is 1.51. The average Bonchev–Trinajstić information content (AvgIpc) is 2.97. The summed E-state index contributed by atoms with van der Waals surface area (Å²) in [4.78, 5) is 24.5. The Labute approximate surface area is 97.3 Å². The van der Waals surface area contributed by atoms with Crippen molar-refractivity contribution in [3.63, 3.8) is 0 Å². The van der Waals surface area contributed by atoms with Gasteiger partial charge in [0, 0.05) is 0 Å². The molecule has 5 heteroatoms. The van der Waals surface area contributed by atoms with Gasteiger partial charge in [-0.3, -0.25) is 4.79 Å². The number of carboxylic acid groups (broad SMARTS) is 1. The second-order valence-electron chi connectivity index (χ2n) is 4.32. The van der Waals surface area contributed by atoms with E-state index in [0.29, 0.717) is 5.76 Å². The molecule has 1 amide bonds. The summed E-state index contributed by atoms with van der Waals surface area (Å²) in [6.07, 6.45) is 6.06. The standard InChI is InChI=1S/C12H11NO4/c14-11-7-1-2-8(5-7)13(11)6-10-9(12(15)16)3-4-17-10/h1-4,7-8H,5-6H2,(H,15,16). The predicted octanol–water partition coefficient (Wildman–Crippen LogP) is 1.26. The van der Waals surface area contributed by atoms with Gasteiger partial charge in [-0.2, -0.15) is 0 Å². The first-order valence-electron chi connectivity index (χ1n) is 5.45. The third-order valence-corrected chi connectivity index (χ3v) is 3.35. The molecule has 3 rings (SSSR count). The van der Waals surface area contributed by atoms with Crippen molar-refractivity contribution in [2.45, 2.75) is 19.0 Å². The van der Waals surface area contributed by atoms with E-state index in [9.17, 15) is 9.59 Å². The zero-order valence-corrected chi connectivity index (χ0v) is 9.00. The molecule has 2 unspecified atom stereocenters. The first-order chi connectivity index (χ1) is 8.16. The van der Waals surface area contributed by atoms with Crippen molar-refractivity contribution < 1.29 is 19.1 Å². The van der Waals surface area contributed by atoms with E-state index in [2.05, 4.69) is 0 Å². The highest BCUT2D eigenvalue weighted by Crippen LogP contribution is 2.34. The summed E-state index contributed by atoms with van der Waals surface area (Å²) in [5, 5.41) is 8.95. The summed E-state index contributed by atoms with van der Waals surface area (Å²) in [7, 11) is 0. The molecular weight excluding hydrogens is 222 g/mol. The molecule has 1 N–H and O–H groups in total. The minimum atomic E-state index is -1.03. The van der Waals surface area contributed by atoms with Gasteiger partial charge in [0.05, 0.1) is 24.8 Å². The number of carbonyl (C=O) groups is 2. The van der Waals surface area contributed by atoms with Crippen LogP contribution in [0.4, 0.5) is 0 Å². The van der Waals surface area contributed by atoms with Crippen LogP contribution in [0.5, 0.6) is 0 Å². The number of furan rings is 1. The zero-order chi connectivity index (χ0) is 12.0. The molecule has 2 atom stereocenters. The molecule has 0 radical (unpaired) electrons. The predicted molar refractivity (Wildman–Crippen MR) is 57.3 cm³/mol. The van der Waals surface area contributed by atoms with Crippen molar-refractivity contribution in [1.82, 2.24) is 4.90 Å². The third-order valence-electron chi connectivity index (χ3n) is 3.35. The van der Waals surface area contributed by atoms with Crippen LogP contribution in [-0.4, -0.2) is 27.9 Å². The molecule has 0 aromatic carbocycles. The maximum absolute atomic E-state index is 11.9. The Morgan fingerprint density at radius 2 is 2.35 bits per heavy atom. The van der Waals surface area contributed by atoms with Crippen molar-refractivity contribution in [2.75, 3.05) is 0 Å². The third kappa shape index (κ3) is 1.46. The van der Waals surface area contributed by atoms with Crippen molar-refractivity contribution in [2.24, 2.45) is 5.92 Å². The van der Waals surface area contributed by atoms with Gasteiger partial charge in [0.2, 0.25) is 5.91 Å². The minimum absolute atomic E-state index is 0.0248. The number of fused-ring (bicyclic) bond motifs is 2. The molecular formula is C12H11NO4. The largest absolute Gasteiger partial charge is 0.478 e. The molecule has 1 aliphatic carbocycles. The normalized spacial score (nSPS) is 25.9. The number of carbonyl (C=O) groups excluding carboxylic acids is 1. The van der Waals surface area contributed by atoms with Crippen LogP contribution in [0.2, 0.25) is 0 Å². The molecule has 0 spiro atoms. The van der Waals surface area contributed by atoms with Crippen LogP contribution in [0.25, 0.3) is 0 Å². The lowest BCUT2D eigenvalue weighted by atomic mass is 10.1. The molecule has 1 saturated heterocycles. The van der Waals surface area contributed by atoms with Crippen LogP contribution in [0.1, 0.15) is 22.5 Å². The number of hydrogen-bond acceptors (Lipinski definition) is 3. The molecule has 2 aliphatic rings. The summed E-state index contributed by atoms with van der Waals surface area (Å²) in [6.45, 7) is 0.235. The first kappa shape index (κ1) is 10.1. The number of amides is 1. The van der Waals surface area contributed by atoms with Crippen molar-refractivity contribution in [3.8, 4) is 0 Å². The fourth-order valence-corrected chi connectivity index (χ4v) is 2.47. The topological polar surface area (TPSA) is 70.8 Å². The maximum atomic E-state index is 11.9. The number of hydrogen-bond donors (Lipinski definition) is 1. The van der Waals surface area contributed by atoms with Gasteiger partial charge in [-0.1, -0.05) is 12.2 Å². The smallest absolute Gasteiger partial charge is 0.339 e. The Morgan fingerprint density at radius 1 is 1.53 bits per heavy atom. The number of rotatable bonds is 3. The van der Waals surface area contributed by atoms with Gasteiger partial charge in [0.15, 0.2) is 0 Å². The second-order valence-corrected chi connectivity index (χ2v) is 4.32. The Kier molecular flexibility index (Phi) is 2.07. The maximum Gasteiger partial charge on any atom is 0.339 e. The fourth-order valence-electron chi connectivity index (χ4n) is 2.47. The van der Waals surface area contributed by atoms with Crippen molar-refractivity contribution in [1.29, 1.82) is 0 Å². The van der Waals surface area contributed by atoms with E-state index in [0.717, 1.165) is 6.42 Å². The number of nitrogens with zero attached hydrogens (tertiary/aromatic N) is 1. The van der Waals surface area contributed by atoms with Gasteiger partial charge in [0.1, 0.15) is 11.3 Å². The Bertz CT molecular complexity index is 516.